The van der Waals surface area contributed by atoms with Crippen LogP contribution in [0.25, 0.3) is 11.1 Å². The minimum Gasteiger partial charge on any atom is -0.460 e. The van der Waals surface area contributed by atoms with Crippen LogP contribution in [-0.2, 0) is 39.3 Å². The van der Waals surface area contributed by atoms with Crippen LogP contribution in [0.5, 0.6) is 0 Å². The fourth-order valence-corrected chi connectivity index (χ4v) is 5.95. The first-order valence-electron chi connectivity index (χ1n) is 18.4. The molecule has 0 saturated heterocycles. The topological polar surface area (TPSA) is 114 Å². The predicted octanol–water partition coefficient (Wildman–Crippen LogP) is 7.57. The molecule has 11 nitrogen and oxygen atoms in total. The molecule has 5 rings (SSSR count). The van der Waals surface area contributed by atoms with Crippen molar-refractivity contribution in [2.24, 2.45) is 0 Å². The molecule has 1 aliphatic carbocycles. The van der Waals surface area contributed by atoms with Crippen molar-refractivity contribution in [3.8, 4) is 11.1 Å². The van der Waals surface area contributed by atoms with Crippen molar-refractivity contribution in [1.82, 2.24) is 4.90 Å². The monoisotopic (exact) mass is 780 g/mol. The number of ether oxygens (including phenoxy) is 7. The van der Waals surface area contributed by atoms with Crippen molar-refractivity contribution < 1.29 is 55.9 Å². The molecule has 0 saturated carbocycles. The molecule has 0 radical (unpaired) electrons. The molecule has 0 heterocycles. The van der Waals surface area contributed by atoms with Crippen LogP contribution in [0.1, 0.15) is 33.0 Å². The molecule has 4 aromatic rings. The van der Waals surface area contributed by atoms with Gasteiger partial charge in [0.15, 0.2) is 0 Å². The summed E-state index contributed by atoms with van der Waals surface area (Å²) in [5, 5.41) is 2.86. The highest BCUT2D eigenvalue weighted by molar-refractivity contribution is 5.96. The second-order valence-electron chi connectivity index (χ2n) is 12.7. The Hall–Kier alpha value is -4.99. The van der Waals surface area contributed by atoms with Gasteiger partial charge in [-0.05, 0) is 52.6 Å². The lowest BCUT2D eigenvalue weighted by Crippen LogP contribution is -2.32. The first-order valence-corrected chi connectivity index (χ1v) is 18.4. The summed E-state index contributed by atoms with van der Waals surface area (Å²) in [7, 11) is 1.69. The third-order valence-corrected chi connectivity index (χ3v) is 8.78. The molecule has 4 aromatic carbocycles. The first kappa shape index (κ1) is 42.2. The molecule has 56 heavy (non-hydrogen) atoms. The minimum absolute atomic E-state index is 0.0107. The zero-order valence-electron chi connectivity index (χ0n) is 31.3. The molecule has 0 aromatic heterocycles. The van der Waals surface area contributed by atoms with E-state index in [1.54, 1.807) is 25.2 Å². The van der Waals surface area contributed by atoms with Crippen LogP contribution in [0.4, 0.5) is 29.3 Å². The molecule has 0 fully saturated rings. The van der Waals surface area contributed by atoms with Crippen LogP contribution in [0.2, 0.25) is 0 Å². The summed E-state index contributed by atoms with van der Waals surface area (Å²) in [5.41, 5.74) is 4.61. The molecule has 1 N–H and O–H groups in total. The number of likely N-dealkylation sites (N-methyl/N-ethyl adjacent to an activating group) is 1. The number of fused-ring (bicyclic) bond motifs is 3. The molecule has 14 heteroatoms. The Morgan fingerprint density at radius 1 is 0.625 bits per heavy atom. The molecule has 300 valence electrons. The van der Waals surface area contributed by atoms with Crippen molar-refractivity contribution in [2.75, 3.05) is 98.2 Å². The van der Waals surface area contributed by atoms with Gasteiger partial charge in [0, 0.05) is 25.2 Å². The van der Waals surface area contributed by atoms with E-state index in [0.717, 1.165) is 12.1 Å². The van der Waals surface area contributed by atoms with Crippen LogP contribution < -0.4 is 5.32 Å². The van der Waals surface area contributed by atoms with E-state index in [4.69, 9.17) is 33.2 Å². The molecule has 0 bridgehead atoms. The van der Waals surface area contributed by atoms with Gasteiger partial charge >= 0.3 is 18.2 Å². The van der Waals surface area contributed by atoms with Crippen LogP contribution in [0.15, 0.2) is 97.1 Å². The molecule has 1 aliphatic rings. The first-order chi connectivity index (χ1) is 27.2. The van der Waals surface area contributed by atoms with E-state index in [9.17, 15) is 22.8 Å². The number of amides is 1. The SMILES string of the molecule is CN(CCOCCOCCOCCOCCOCCOC(=O)c1ccccc1Nc1cccc(C(F)(F)F)c1)C(=O)OCC1c2ccccc2-c2ccccc21. The average molecular weight is 781 g/mol. The Morgan fingerprint density at radius 2 is 1.14 bits per heavy atom. The molecule has 0 spiro atoms. The quantitative estimate of drug-likeness (QED) is 0.0598. The number of carbonyl (C=O) groups excluding carboxylic acids is 2. The maximum Gasteiger partial charge on any atom is 0.416 e. The number of halogens is 3. The largest absolute Gasteiger partial charge is 0.460 e. The summed E-state index contributed by atoms with van der Waals surface area (Å²) in [5.74, 6) is -0.621. The third kappa shape index (κ3) is 12.8. The Balaban J connectivity index is 0.809. The second-order valence-corrected chi connectivity index (χ2v) is 12.7. The van der Waals surface area contributed by atoms with Gasteiger partial charge in [0.1, 0.15) is 13.2 Å². The standard InChI is InChI=1S/C42H47F3N2O9/c1-47(41(49)56-30-38-35-13-4-2-11-33(35)34-12-3-5-14-36(34)38)17-18-50-19-20-51-21-22-52-23-24-53-25-26-54-27-28-55-40(48)37-15-6-7-16-39(37)46-32-10-8-9-31(29-32)42(43,44)45/h2-16,29,38,46H,17-28,30H2,1H3. The maximum absolute atomic E-state index is 13.1. The number of benzene rings is 4. The smallest absolute Gasteiger partial charge is 0.416 e. The number of para-hydroxylation sites is 1. The zero-order valence-corrected chi connectivity index (χ0v) is 31.3. The maximum atomic E-state index is 13.1. The van der Waals surface area contributed by atoms with Gasteiger partial charge in [-0.3, -0.25) is 0 Å². The number of rotatable bonds is 23. The van der Waals surface area contributed by atoms with E-state index >= 15 is 0 Å². The minimum atomic E-state index is -4.48. The van der Waals surface area contributed by atoms with Gasteiger partial charge in [-0.1, -0.05) is 66.7 Å². The van der Waals surface area contributed by atoms with Gasteiger partial charge in [0.05, 0.1) is 82.9 Å². The molecular formula is C42H47F3N2O9. The summed E-state index contributed by atoms with van der Waals surface area (Å²) in [6.45, 7) is 4.09. The zero-order chi connectivity index (χ0) is 39.6. The van der Waals surface area contributed by atoms with E-state index in [1.807, 2.05) is 24.3 Å². The van der Waals surface area contributed by atoms with Crippen LogP contribution in [-0.4, -0.2) is 110 Å². The number of hydrogen-bond donors (Lipinski definition) is 1. The highest BCUT2D eigenvalue weighted by atomic mass is 19.4. The average Bonchev–Trinajstić information content (AvgIpc) is 3.52. The summed E-state index contributed by atoms with van der Waals surface area (Å²) < 4.78 is 77.7. The molecule has 0 unspecified atom stereocenters. The fraction of sp³-hybridized carbons (Fsp3) is 0.381. The highest BCUT2D eigenvalue weighted by Gasteiger charge is 2.31. The van der Waals surface area contributed by atoms with Gasteiger partial charge in [0.25, 0.3) is 0 Å². The van der Waals surface area contributed by atoms with Gasteiger partial charge in [0.2, 0.25) is 0 Å². The summed E-state index contributed by atoms with van der Waals surface area (Å²) in [6, 6.07) is 27.6. The molecule has 0 aliphatic heterocycles. The van der Waals surface area contributed by atoms with Crippen molar-refractivity contribution in [3.05, 3.63) is 119 Å². The Morgan fingerprint density at radius 3 is 1.73 bits per heavy atom. The van der Waals surface area contributed by atoms with Crippen molar-refractivity contribution in [1.29, 1.82) is 0 Å². The highest BCUT2D eigenvalue weighted by Crippen LogP contribution is 2.44. The lowest BCUT2D eigenvalue weighted by atomic mass is 9.98. The van der Waals surface area contributed by atoms with Crippen molar-refractivity contribution >= 4 is 23.4 Å². The predicted molar refractivity (Wildman–Crippen MR) is 203 cm³/mol. The number of esters is 1. The van der Waals surface area contributed by atoms with Gasteiger partial charge in [-0.25, -0.2) is 9.59 Å². The summed E-state index contributed by atoms with van der Waals surface area (Å²) in [4.78, 5) is 26.7. The van der Waals surface area contributed by atoms with Crippen LogP contribution in [0, 0.1) is 0 Å². The van der Waals surface area contributed by atoms with Gasteiger partial charge < -0.3 is 43.4 Å². The number of nitrogens with zero attached hydrogens (tertiary/aromatic N) is 1. The fourth-order valence-electron chi connectivity index (χ4n) is 5.95. The number of carbonyl (C=O) groups is 2. The second kappa shape index (κ2) is 21.9. The number of nitrogens with one attached hydrogen (secondary N) is 1. The van der Waals surface area contributed by atoms with E-state index < -0.39 is 23.8 Å². The van der Waals surface area contributed by atoms with Crippen LogP contribution in [0.3, 0.4) is 0 Å². The normalized spacial score (nSPS) is 12.2. The Kier molecular flexibility index (Phi) is 16.5. The Labute approximate surface area is 324 Å². The summed E-state index contributed by atoms with van der Waals surface area (Å²) in [6.07, 6.45) is -4.88. The molecule has 0 atom stereocenters. The molecule has 1 amide bonds. The third-order valence-electron chi connectivity index (χ3n) is 8.78. The lowest BCUT2D eigenvalue weighted by Gasteiger charge is -2.19. The van der Waals surface area contributed by atoms with E-state index in [0.29, 0.717) is 65.1 Å². The number of anilines is 2. The van der Waals surface area contributed by atoms with Crippen LogP contribution >= 0.6 is 0 Å². The Bertz CT molecular complexity index is 1800. The summed E-state index contributed by atoms with van der Waals surface area (Å²) >= 11 is 0. The van der Waals surface area contributed by atoms with Gasteiger partial charge in [-0.15, -0.1) is 0 Å². The van der Waals surface area contributed by atoms with Crippen molar-refractivity contribution in [2.45, 2.75) is 12.1 Å². The lowest BCUT2D eigenvalue weighted by molar-refractivity contribution is -0.137. The van der Waals surface area contributed by atoms with E-state index in [2.05, 4.69) is 29.6 Å². The van der Waals surface area contributed by atoms with Gasteiger partial charge in [-0.2, -0.15) is 13.2 Å². The molecular weight excluding hydrogens is 733 g/mol. The number of alkyl halides is 3. The number of hydrogen-bond acceptors (Lipinski definition) is 10. The van der Waals surface area contributed by atoms with Crippen molar-refractivity contribution in [3.63, 3.8) is 0 Å². The van der Waals surface area contributed by atoms with E-state index in [-0.39, 0.29) is 43.6 Å². The van der Waals surface area contributed by atoms with E-state index in [1.165, 1.54) is 45.4 Å².